The number of benzene rings is 2. The van der Waals surface area contributed by atoms with Crippen LogP contribution in [0.4, 0.5) is 5.13 Å². The number of carbonyl (C=O) groups is 1. The van der Waals surface area contributed by atoms with Crippen molar-refractivity contribution in [3.8, 4) is 5.75 Å². The number of aromatic nitrogens is 1. The number of hydrogen-bond acceptors (Lipinski definition) is 4. The fraction of sp³-hybridized carbons (Fsp3) is 0.238. The Morgan fingerprint density at radius 1 is 1.08 bits per heavy atom. The summed E-state index contributed by atoms with van der Waals surface area (Å²) in [7, 11) is 0. The Bertz CT molecular complexity index is 886. The van der Waals surface area contributed by atoms with E-state index in [1.165, 1.54) is 11.3 Å². The van der Waals surface area contributed by atoms with Gasteiger partial charge in [0, 0.05) is 17.0 Å². The van der Waals surface area contributed by atoms with Crippen molar-refractivity contribution in [2.24, 2.45) is 5.41 Å². The molecular weight excluding hydrogens is 344 g/mol. The lowest BCUT2D eigenvalue weighted by Gasteiger charge is -2.33. The minimum atomic E-state index is -0.724. The van der Waals surface area contributed by atoms with Crippen molar-refractivity contribution in [3.05, 3.63) is 76.8 Å². The highest BCUT2D eigenvalue weighted by molar-refractivity contribution is 7.15. The van der Waals surface area contributed by atoms with Crippen molar-refractivity contribution < 1.29 is 9.90 Å². The summed E-state index contributed by atoms with van der Waals surface area (Å²) in [4.78, 5) is 18.4. The molecule has 26 heavy (non-hydrogen) atoms. The van der Waals surface area contributed by atoms with E-state index in [0.29, 0.717) is 5.13 Å². The minimum absolute atomic E-state index is 0.0891. The van der Waals surface area contributed by atoms with Gasteiger partial charge in [-0.05, 0) is 30.2 Å². The van der Waals surface area contributed by atoms with Crippen molar-refractivity contribution in [3.63, 3.8) is 0 Å². The van der Waals surface area contributed by atoms with Crippen LogP contribution in [0.15, 0.2) is 60.8 Å². The first-order chi connectivity index (χ1) is 12.4. The molecule has 0 aliphatic heterocycles. The molecule has 0 aliphatic rings. The summed E-state index contributed by atoms with van der Waals surface area (Å²) in [5.74, 6) is -0.0415. The third-order valence-electron chi connectivity index (χ3n) is 4.51. The van der Waals surface area contributed by atoms with E-state index in [9.17, 15) is 9.90 Å². The molecule has 1 aromatic heterocycles. The monoisotopic (exact) mass is 366 g/mol. The van der Waals surface area contributed by atoms with Crippen molar-refractivity contribution >= 4 is 22.4 Å². The summed E-state index contributed by atoms with van der Waals surface area (Å²) in [6.07, 6.45) is 1.75. The van der Waals surface area contributed by atoms with E-state index >= 15 is 0 Å². The number of nitrogens with one attached hydrogen (secondary N) is 1. The molecule has 0 saturated heterocycles. The van der Waals surface area contributed by atoms with Crippen LogP contribution >= 0.6 is 11.3 Å². The topological polar surface area (TPSA) is 62.2 Å². The third kappa shape index (κ3) is 3.78. The molecule has 134 valence electrons. The number of anilines is 1. The molecular formula is C21H22N2O2S. The van der Waals surface area contributed by atoms with Gasteiger partial charge in [0.15, 0.2) is 5.13 Å². The van der Waals surface area contributed by atoms with E-state index in [-0.39, 0.29) is 17.6 Å². The zero-order valence-corrected chi connectivity index (χ0v) is 15.9. The minimum Gasteiger partial charge on any atom is -0.508 e. The molecule has 2 N–H and O–H groups in total. The zero-order valence-electron chi connectivity index (χ0n) is 15.1. The van der Waals surface area contributed by atoms with Crippen LogP contribution in [0.25, 0.3) is 0 Å². The van der Waals surface area contributed by atoms with Gasteiger partial charge in [0.05, 0.1) is 5.41 Å². The van der Waals surface area contributed by atoms with Crippen LogP contribution in [0, 0.1) is 12.3 Å². The SMILES string of the molecule is Cc1cnc(NC(=O)C(C)(C)[C@@H](c2ccccc2)c2ccc(O)cc2)s1. The van der Waals surface area contributed by atoms with Crippen molar-refractivity contribution in [2.45, 2.75) is 26.7 Å². The van der Waals surface area contributed by atoms with Gasteiger partial charge in [-0.1, -0.05) is 56.3 Å². The number of rotatable bonds is 5. The Hall–Kier alpha value is -2.66. The van der Waals surface area contributed by atoms with E-state index in [1.54, 1.807) is 18.3 Å². The van der Waals surface area contributed by atoms with Gasteiger partial charge < -0.3 is 10.4 Å². The van der Waals surface area contributed by atoms with Gasteiger partial charge in [0.1, 0.15) is 5.75 Å². The van der Waals surface area contributed by atoms with Crippen LogP contribution in [0.5, 0.6) is 5.75 Å². The second-order valence-electron chi connectivity index (χ2n) is 6.89. The summed E-state index contributed by atoms with van der Waals surface area (Å²) < 4.78 is 0. The van der Waals surface area contributed by atoms with Gasteiger partial charge in [0.2, 0.25) is 5.91 Å². The second kappa shape index (κ2) is 7.30. The number of amides is 1. The molecule has 0 bridgehead atoms. The highest BCUT2D eigenvalue weighted by Crippen LogP contribution is 2.42. The van der Waals surface area contributed by atoms with E-state index in [0.717, 1.165) is 16.0 Å². The molecule has 0 fully saturated rings. The van der Waals surface area contributed by atoms with Gasteiger partial charge in [0.25, 0.3) is 0 Å². The average Bonchev–Trinajstić information content (AvgIpc) is 3.02. The first-order valence-corrected chi connectivity index (χ1v) is 9.27. The molecule has 0 radical (unpaired) electrons. The molecule has 0 saturated carbocycles. The van der Waals surface area contributed by atoms with Crippen LogP contribution in [-0.2, 0) is 4.79 Å². The first kappa shape index (κ1) is 18.1. The molecule has 1 heterocycles. The molecule has 4 nitrogen and oxygen atoms in total. The summed E-state index contributed by atoms with van der Waals surface area (Å²) in [6.45, 7) is 5.84. The number of aromatic hydroxyl groups is 1. The smallest absolute Gasteiger partial charge is 0.232 e. The van der Waals surface area contributed by atoms with Crippen LogP contribution in [0.1, 0.15) is 35.8 Å². The molecule has 5 heteroatoms. The summed E-state index contributed by atoms with van der Waals surface area (Å²) in [5.41, 5.74) is 1.30. The van der Waals surface area contributed by atoms with Crippen molar-refractivity contribution in [2.75, 3.05) is 5.32 Å². The molecule has 1 amide bonds. The maximum atomic E-state index is 13.1. The second-order valence-corrected chi connectivity index (χ2v) is 8.12. The van der Waals surface area contributed by atoms with E-state index in [4.69, 9.17) is 0 Å². The predicted molar refractivity (Wildman–Crippen MR) is 106 cm³/mol. The Balaban J connectivity index is 1.99. The largest absolute Gasteiger partial charge is 0.508 e. The number of carbonyl (C=O) groups excluding carboxylic acids is 1. The lowest BCUT2D eigenvalue weighted by molar-refractivity contribution is -0.124. The van der Waals surface area contributed by atoms with Gasteiger partial charge in [-0.15, -0.1) is 11.3 Å². The summed E-state index contributed by atoms with van der Waals surface area (Å²) in [6, 6.07) is 17.0. The van der Waals surface area contributed by atoms with Crippen LogP contribution < -0.4 is 5.32 Å². The van der Waals surface area contributed by atoms with Crippen LogP contribution in [-0.4, -0.2) is 16.0 Å². The fourth-order valence-corrected chi connectivity index (χ4v) is 3.80. The Morgan fingerprint density at radius 3 is 2.27 bits per heavy atom. The molecule has 3 aromatic rings. The first-order valence-electron chi connectivity index (χ1n) is 8.45. The summed E-state index contributed by atoms with van der Waals surface area (Å²) in [5, 5.41) is 13.2. The quantitative estimate of drug-likeness (QED) is 0.671. The van der Waals surface area contributed by atoms with Crippen LogP contribution in [0.2, 0.25) is 0 Å². The highest BCUT2D eigenvalue weighted by atomic mass is 32.1. The molecule has 1 atom stereocenters. The van der Waals surface area contributed by atoms with E-state index in [1.807, 2.05) is 63.2 Å². The van der Waals surface area contributed by atoms with E-state index < -0.39 is 5.41 Å². The average molecular weight is 366 g/mol. The van der Waals surface area contributed by atoms with Crippen molar-refractivity contribution in [1.29, 1.82) is 0 Å². The van der Waals surface area contributed by atoms with E-state index in [2.05, 4.69) is 10.3 Å². The Labute approximate surface area is 157 Å². The number of phenols is 1. The van der Waals surface area contributed by atoms with Gasteiger partial charge in [-0.2, -0.15) is 0 Å². The number of phenolic OH excluding ortho intramolecular Hbond substituents is 1. The number of aryl methyl sites for hydroxylation is 1. The lowest BCUT2D eigenvalue weighted by Crippen LogP contribution is -2.37. The Morgan fingerprint density at radius 2 is 1.69 bits per heavy atom. The third-order valence-corrected chi connectivity index (χ3v) is 5.34. The van der Waals surface area contributed by atoms with Gasteiger partial charge in [-0.25, -0.2) is 4.98 Å². The zero-order chi connectivity index (χ0) is 18.7. The number of hydrogen-bond donors (Lipinski definition) is 2. The predicted octanol–water partition coefficient (Wildman–Crippen LogP) is 4.95. The maximum absolute atomic E-state index is 13.1. The molecule has 0 spiro atoms. The van der Waals surface area contributed by atoms with Crippen molar-refractivity contribution in [1.82, 2.24) is 4.98 Å². The standard InChI is InChI=1S/C21H22N2O2S/c1-14-13-22-20(26-14)23-19(25)21(2,3)18(15-7-5-4-6-8-15)16-9-11-17(24)12-10-16/h4-13,18,24H,1-3H3,(H,22,23,25)/t18-/m0/s1. The number of thiazole rings is 1. The Kier molecular flexibility index (Phi) is 5.09. The highest BCUT2D eigenvalue weighted by Gasteiger charge is 2.39. The number of nitrogens with zero attached hydrogens (tertiary/aromatic N) is 1. The lowest BCUT2D eigenvalue weighted by atomic mass is 9.70. The van der Waals surface area contributed by atoms with Gasteiger partial charge >= 0.3 is 0 Å². The fourth-order valence-electron chi connectivity index (χ4n) is 3.14. The van der Waals surface area contributed by atoms with Crippen LogP contribution in [0.3, 0.4) is 0 Å². The van der Waals surface area contributed by atoms with Gasteiger partial charge in [-0.3, -0.25) is 4.79 Å². The normalized spacial score (nSPS) is 12.6. The molecule has 3 rings (SSSR count). The molecule has 2 aromatic carbocycles. The summed E-state index contributed by atoms with van der Waals surface area (Å²) >= 11 is 1.46. The molecule has 0 aliphatic carbocycles. The maximum Gasteiger partial charge on any atom is 0.232 e. The molecule has 0 unspecified atom stereocenters.